The molecule has 2 aromatic rings. The minimum atomic E-state index is -0.195. The summed E-state index contributed by atoms with van der Waals surface area (Å²) in [6.07, 6.45) is 11.0. The van der Waals surface area contributed by atoms with Crippen molar-refractivity contribution in [2.45, 2.75) is 44.7 Å². The van der Waals surface area contributed by atoms with E-state index in [4.69, 9.17) is 0 Å². The molecule has 1 aliphatic rings. The lowest BCUT2D eigenvalue weighted by molar-refractivity contribution is 0.0949. The smallest absolute Gasteiger partial charge is 0.254 e. The maximum absolute atomic E-state index is 12.1. The Bertz CT molecular complexity index is 623. The summed E-state index contributed by atoms with van der Waals surface area (Å²) < 4.78 is 0. The summed E-state index contributed by atoms with van der Waals surface area (Å²) in [5.41, 5.74) is 1.27. The molecule has 2 aromatic heterocycles. The van der Waals surface area contributed by atoms with E-state index >= 15 is 0 Å². The SMILES string of the molecule is O=C(NCc1ccccn1)c1cnc(NC2CCCCC2)nc1. The zero-order valence-electron chi connectivity index (χ0n) is 13.0. The maximum Gasteiger partial charge on any atom is 0.254 e. The quantitative estimate of drug-likeness (QED) is 0.887. The van der Waals surface area contributed by atoms with Crippen molar-refractivity contribution < 1.29 is 4.79 Å². The summed E-state index contributed by atoms with van der Waals surface area (Å²) in [7, 11) is 0. The molecule has 2 N–H and O–H groups in total. The fourth-order valence-corrected chi connectivity index (χ4v) is 2.72. The van der Waals surface area contributed by atoms with Gasteiger partial charge in [0, 0.05) is 24.6 Å². The second kappa shape index (κ2) is 7.67. The summed E-state index contributed by atoms with van der Waals surface area (Å²) in [5.74, 6) is 0.401. The molecule has 3 rings (SSSR count). The molecule has 0 spiro atoms. The largest absolute Gasteiger partial charge is 0.351 e. The van der Waals surface area contributed by atoms with Gasteiger partial charge in [0.15, 0.2) is 0 Å². The number of anilines is 1. The summed E-state index contributed by atoms with van der Waals surface area (Å²) >= 11 is 0. The first-order valence-electron chi connectivity index (χ1n) is 8.08. The van der Waals surface area contributed by atoms with Gasteiger partial charge in [-0.1, -0.05) is 25.3 Å². The highest BCUT2D eigenvalue weighted by Crippen LogP contribution is 2.19. The van der Waals surface area contributed by atoms with E-state index in [-0.39, 0.29) is 5.91 Å². The molecule has 0 aromatic carbocycles. The van der Waals surface area contributed by atoms with Crippen LogP contribution < -0.4 is 10.6 Å². The Morgan fingerprint density at radius 2 is 1.87 bits per heavy atom. The lowest BCUT2D eigenvalue weighted by Gasteiger charge is -2.22. The van der Waals surface area contributed by atoms with Crippen LogP contribution >= 0.6 is 0 Å². The third kappa shape index (κ3) is 4.48. The van der Waals surface area contributed by atoms with Crippen molar-refractivity contribution in [2.24, 2.45) is 0 Å². The zero-order chi connectivity index (χ0) is 15.9. The van der Waals surface area contributed by atoms with Gasteiger partial charge < -0.3 is 10.6 Å². The van der Waals surface area contributed by atoms with Crippen LogP contribution in [-0.4, -0.2) is 26.9 Å². The zero-order valence-corrected chi connectivity index (χ0v) is 13.0. The Morgan fingerprint density at radius 1 is 1.09 bits per heavy atom. The predicted octanol–water partition coefficient (Wildman–Crippen LogP) is 2.55. The number of pyridine rings is 1. The minimum absolute atomic E-state index is 0.195. The summed E-state index contributed by atoms with van der Waals surface area (Å²) in [6.45, 7) is 0.391. The number of hydrogen-bond donors (Lipinski definition) is 2. The Labute approximate surface area is 135 Å². The number of amides is 1. The predicted molar refractivity (Wildman–Crippen MR) is 87.9 cm³/mol. The van der Waals surface area contributed by atoms with Crippen molar-refractivity contribution in [1.29, 1.82) is 0 Å². The molecule has 6 heteroatoms. The molecule has 2 heterocycles. The minimum Gasteiger partial charge on any atom is -0.351 e. The van der Waals surface area contributed by atoms with E-state index in [9.17, 15) is 4.79 Å². The van der Waals surface area contributed by atoms with Crippen LogP contribution in [0.4, 0.5) is 5.95 Å². The Kier molecular flexibility index (Phi) is 5.13. The highest BCUT2D eigenvalue weighted by molar-refractivity contribution is 5.93. The average Bonchev–Trinajstić information content (AvgIpc) is 2.62. The van der Waals surface area contributed by atoms with E-state index in [0.717, 1.165) is 18.5 Å². The third-order valence-corrected chi connectivity index (χ3v) is 4.01. The fraction of sp³-hybridized carbons (Fsp3) is 0.412. The van der Waals surface area contributed by atoms with Crippen molar-refractivity contribution in [3.05, 3.63) is 48.0 Å². The second-order valence-corrected chi connectivity index (χ2v) is 5.78. The molecule has 0 bridgehead atoms. The molecular weight excluding hydrogens is 290 g/mol. The average molecular weight is 311 g/mol. The molecule has 0 radical (unpaired) electrons. The Hall–Kier alpha value is -2.50. The molecular formula is C17H21N5O. The van der Waals surface area contributed by atoms with Gasteiger partial charge in [-0.05, 0) is 25.0 Å². The molecule has 0 aliphatic heterocycles. The first-order valence-corrected chi connectivity index (χ1v) is 8.08. The lowest BCUT2D eigenvalue weighted by Crippen LogP contribution is -2.25. The fourth-order valence-electron chi connectivity index (χ4n) is 2.72. The molecule has 23 heavy (non-hydrogen) atoms. The van der Waals surface area contributed by atoms with Gasteiger partial charge >= 0.3 is 0 Å². The van der Waals surface area contributed by atoms with Gasteiger partial charge in [0.05, 0.1) is 17.8 Å². The van der Waals surface area contributed by atoms with Gasteiger partial charge in [-0.2, -0.15) is 0 Å². The molecule has 1 amide bonds. The van der Waals surface area contributed by atoms with Crippen LogP contribution in [0.25, 0.3) is 0 Å². The summed E-state index contributed by atoms with van der Waals surface area (Å²) in [5, 5.41) is 6.16. The van der Waals surface area contributed by atoms with Crippen LogP contribution in [0.3, 0.4) is 0 Å². The molecule has 1 aliphatic carbocycles. The first kappa shape index (κ1) is 15.4. The van der Waals surface area contributed by atoms with Crippen molar-refractivity contribution in [2.75, 3.05) is 5.32 Å². The number of hydrogen-bond acceptors (Lipinski definition) is 5. The lowest BCUT2D eigenvalue weighted by atomic mass is 9.96. The van der Waals surface area contributed by atoms with E-state index in [1.165, 1.54) is 19.3 Å². The number of carbonyl (C=O) groups excluding carboxylic acids is 1. The van der Waals surface area contributed by atoms with Crippen molar-refractivity contribution in [3.8, 4) is 0 Å². The molecule has 6 nitrogen and oxygen atoms in total. The van der Waals surface area contributed by atoms with Gasteiger partial charge in [0.2, 0.25) is 5.95 Å². The molecule has 0 atom stereocenters. The van der Waals surface area contributed by atoms with Gasteiger partial charge in [0.1, 0.15) is 0 Å². The number of nitrogens with zero attached hydrogens (tertiary/aromatic N) is 3. The third-order valence-electron chi connectivity index (χ3n) is 4.01. The van der Waals surface area contributed by atoms with E-state index in [2.05, 4.69) is 25.6 Å². The molecule has 120 valence electrons. The van der Waals surface area contributed by atoms with E-state index < -0.39 is 0 Å². The van der Waals surface area contributed by atoms with Crippen LogP contribution in [0.2, 0.25) is 0 Å². The van der Waals surface area contributed by atoms with Crippen LogP contribution in [0.5, 0.6) is 0 Å². The Balaban J connectivity index is 1.52. The monoisotopic (exact) mass is 311 g/mol. The maximum atomic E-state index is 12.1. The van der Waals surface area contributed by atoms with Crippen LogP contribution in [0.1, 0.15) is 48.2 Å². The number of nitrogens with one attached hydrogen (secondary N) is 2. The summed E-state index contributed by atoms with van der Waals surface area (Å²) in [4.78, 5) is 24.7. The van der Waals surface area contributed by atoms with Gasteiger partial charge in [-0.15, -0.1) is 0 Å². The molecule has 0 saturated heterocycles. The van der Waals surface area contributed by atoms with Crippen LogP contribution in [0.15, 0.2) is 36.8 Å². The van der Waals surface area contributed by atoms with Gasteiger partial charge in [-0.3, -0.25) is 9.78 Å². The van der Waals surface area contributed by atoms with Crippen LogP contribution in [-0.2, 0) is 6.54 Å². The van der Waals surface area contributed by atoms with E-state index in [1.54, 1.807) is 18.6 Å². The normalized spacial score (nSPS) is 15.1. The molecule has 1 fully saturated rings. The Morgan fingerprint density at radius 3 is 2.57 bits per heavy atom. The van der Waals surface area contributed by atoms with E-state index in [1.807, 2.05) is 18.2 Å². The second-order valence-electron chi connectivity index (χ2n) is 5.78. The molecule has 0 unspecified atom stereocenters. The topological polar surface area (TPSA) is 79.8 Å². The first-order chi connectivity index (χ1) is 11.3. The number of aromatic nitrogens is 3. The highest BCUT2D eigenvalue weighted by atomic mass is 16.1. The van der Waals surface area contributed by atoms with Gasteiger partial charge in [0.25, 0.3) is 5.91 Å². The van der Waals surface area contributed by atoms with Gasteiger partial charge in [-0.25, -0.2) is 9.97 Å². The van der Waals surface area contributed by atoms with Crippen molar-refractivity contribution in [1.82, 2.24) is 20.3 Å². The highest BCUT2D eigenvalue weighted by Gasteiger charge is 2.14. The number of rotatable bonds is 5. The standard InChI is InChI=1S/C17H21N5O/c23-16(19-12-15-8-4-5-9-18-15)13-10-20-17(21-11-13)22-14-6-2-1-3-7-14/h4-5,8-11,14H,1-3,6-7,12H2,(H,19,23)(H,20,21,22). The van der Waals surface area contributed by atoms with Crippen molar-refractivity contribution in [3.63, 3.8) is 0 Å². The number of carbonyl (C=O) groups is 1. The summed E-state index contributed by atoms with van der Waals surface area (Å²) in [6, 6.07) is 6.06. The van der Waals surface area contributed by atoms with Crippen LogP contribution in [0, 0.1) is 0 Å². The van der Waals surface area contributed by atoms with Crippen molar-refractivity contribution >= 4 is 11.9 Å². The molecule has 1 saturated carbocycles. The van der Waals surface area contributed by atoms with E-state index in [0.29, 0.717) is 24.1 Å².